The fourth-order valence-electron chi connectivity index (χ4n) is 4.15. The molecule has 0 bridgehead atoms. The normalized spacial score (nSPS) is 15.8. The zero-order valence-electron chi connectivity index (χ0n) is 14.8. The molecule has 4 aromatic rings. The number of rotatable bonds is 3. The van der Waals surface area contributed by atoms with Crippen molar-refractivity contribution < 1.29 is 4.57 Å². The fraction of sp³-hybridized carbons (Fsp3) is 0.0400. The smallest absolute Gasteiger partial charge is 0.154 e. The monoisotopic (exact) mass is 366 g/mol. The first-order chi connectivity index (χ1) is 13.3. The molecule has 1 aliphatic rings. The van der Waals surface area contributed by atoms with E-state index >= 15 is 0 Å². The predicted molar refractivity (Wildman–Crippen MR) is 115 cm³/mol. The average molecular weight is 366 g/mol. The van der Waals surface area contributed by atoms with Crippen molar-refractivity contribution in [3.05, 3.63) is 114 Å². The number of hydrogen-bond donors (Lipinski definition) is 0. The van der Waals surface area contributed by atoms with Gasteiger partial charge in [0.15, 0.2) is 7.14 Å². The van der Waals surface area contributed by atoms with E-state index < -0.39 is 7.14 Å². The molecule has 0 aliphatic heterocycles. The first kappa shape index (κ1) is 16.3. The van der Waals surface area contributed by atoms with Gasteiger partial charge in [-0.2, -0.15) is 0 Å². The van der Waals surface area contributed by atoms with Crippen LogP contribution in [0.4, 0.5) is 0 Å². The minimum atomic E-state index is -2.90. The van der Waals surface area contributed by atoms with Crippen LogP contribution in [0.5, 0.6) is 0 Å². The summed E-state index contributed by atoms with van der Waals surface area (Å²) in [7, 11) is -2.90. The van der Waals surface area contributed by atoms with Crippen LogP contribution < -0.4 is 10.6 Å². The van der Waals surface area contributed by atoms with Gasteiger partial charge in [0.05, 0.1) is 5.66 Å². The van der Waals surface area contributed by atoms with E-state index in [1.54, 1.807) is 0 Å². The van der Waals surface area contributed by atoms with Crippen molar-refractivity contribution in [3.8, 4) is 0 Å². The topological polar surface area (TPSA) is 17.1 Å². The van der Waals surface area contributed by atoms with Crippen molar-refractivity contribution in [2.75, 3.05) is 0 Å². The van der Waals surface area contributed by atoms with Crippen LogP contribution in [0.2, 0.25) is 0 Å². The SMILES string of the molecule is O=P(c1ccccc1)(c1ccccc1)C1C=Cc2ccc3ccccc3c21. The Morgan fingerprint density at radius 1 is 0.630 bits per heavy atom. The summed E-state index contributed by atoms with van der Waals surface area (Å²) in [6, 6.07) is 32.6. The van der Waals surface area contributed by atoms with Gasteiger partial charge >= 0.3 is 0 Å². The van der Waals surface area contributed by atoms with Crippen LogP contribution in [-0.4, -0.2) is 0 Å². The maximum atomic E-state index is 14.8. The number of benzene rings is 4. The van der Waals surface area contributed by atoms with Gasteiger partial charge in [0.1, 0.15) is 0 Å². The molecule has 0 radical (unpaired) electrons. The second-order valence-corrected chi connectivity index (χ2v) is 9.83. The Morgan fingerprint density at radius 3 is 1.89 bits per heavy atom. The Balaban J connectivity index is 1.81. The zero-order valence-corrected chi connectivity index (χ0v) is 15.7. The Morgan fingerprint density at radius 2 is 1.22 bits per heavy atom. The number of fused-ring (bicyclic) bond motifs is 3. The van der Waals surface area contributed by atoms with Crippen molar-refractivity contribution in [1.29, 1.82) is 0 Å². The van der Waals surface area contributed by atoms with Gasteiger partial charge in [-0.25, -0.2) is 0 Å². The molecule has 0 N–H and O–H groups in total. The summed E-state index contributed by atoms with van der Waals surface area (Å²) in [4.78, 5) is 0. The van der Waals surface area contributed by atoms with Crippen molar-refractivity contribution in [2.45, 2.75) is 5.66 Å². The van der Waals surface area contributed by atoms with Crippen molar-refractivity contribution in [2.24, 2.45) is 0 Å². The van der Waals surface area contributed by atoms with E-state index in [4.69, 9.17) is 0 Å². The van der Waals surface area contributed by atoms with Gasteiger partial charge in [-0.1, -0.05) is 109 Å². The third-order valence-electron chi connectivity index (χ3n) is 5.43. The molecular weight excluding hydrogens is 347 g/mol. The van der Waals surface area contributed by atoms with Gasteiger partial charge in [0, 0.05) is 10.6 Å². The van der Waals surface area contributed by atoms with E-state index in [2.05, 4.69) is 48.6 Å². The molecule has 1 unspecified atom stereocenters. The van der Waals surface area contributed by atoms with Crippen LogP contribution in [-0.2, 0) is 4.57 Å². The molecule has 2 heteroatoms. The molecule has 0 saturated heterocycles. The maximum Gasteiger partial charge on any atom is 0.154 e. The van der Waals surface area contributed by atoms with E-state index in [0.717, 1.165) is 10.6 Å². The maximum absolute atomic E-state index is 14.8. The third-order valence-corrected chi connectivity index (χ3v) is 8.77. The summed E-state index contributed by atoms with van der Waals surface area (Å²) in [5, 5.41) is 4.20. The first-order valence-corrected chi connectivity index (χ1v) is 11.0. The lowest BCUT2D eigenvalue weighted by Gasteiger charge is -2.26. The van der Waals surface area contributed by atoms with Gasteiger partial charge in [0.2, 0.25) is 0 Å². The molecule has 5 rings (SSSR count). The fourth-order valence-corrected chi connectivity index (χ4v) is 7.30. The summed E-state index contributed by atoms with van der Waals surface area (Å²) in [5.41, 5.74) is 2.21. The molecule has 1 aliphatic carbocycles. The highest BCUT2D eigenvalue weighted by atomic mass is 31.2. The van der Waals surface area contributed by atoms with Crippen LogP contribution in [0.15, 0.2) is 103 Å². The lowest BCUT2D eigenvalue weighted by molar-refractivity contribution is 0.584. The molecule has 4 aromatic carbocycles. The Bertz CT molecular complexity index is 1150. The quantitative estimate of drug-likeness (QED) is 0.411. The van der Waals surface area contributed by atoms with Crippen molar-refractivity contribution >= 4 is 34.6 Å². The summed E-state index contributed by atoms with van der Waals surface area (Å²) in [6.45, 7) is 0. The second-order valence-electron chi connectivity index (χ2n) is 6.92. The van der Waals surface area contributed by atoms with Gasteiger partial charge in [-0.05, 0) is 21.9 Å². The minimum Gasteiger partial charge on any atom is -0.313 e. The molecule has 0 aromatic heterocycles. The average Bonchev–Trinajstić information content (AvgIpc) is 3.20. The van der Waals surface area contributed by atoms with E-state index in [1.807, 2.05) is 60.7 Å². The third kappa shape index (κ3) is 2.51. The van der Waals surface area contributed by atoms with Crippen LogP contribution in [0.3, 0.4) is 0 Å². The predicted octanol–water partition coefficient (Wildman–Crippen LogP) is 5.92. The van der Waals surface area contributed by atoms with Crippen LogP contribution in [0.1, 0.15) is 16.8 Å². The highest BCUT2D eigenvalue weighted by Gasteiger charge is 2.39. The minimum absolute atomic E-state index is 0.150. The molecule has 27 heavy (non-hydrogen) atoms. The van der Waals surface area contributed by atoms with Crippen molar-refractivity contribution in [1.82, 2.24) is 0 Å². The molecule has 130 valence electrons. The van der Waals surface area contributed by atoms with E-state index in [1.165, 1.54) is 21.9 Å². The highest BCUT2D eigenvalue weighted by molar-refractivity contribution is 7.79. The molecule has 1 nitrogen and oxygen atoms in total. The van der Waals surface area contributed by atoms with E-state index in [9.17, 15) is 4.57 Å². The molecule has 1 atom stereocenters. The summed E-state index contributed by atoms with van der Waals surface area (Å²) in [6.07, 6.45) is 4.27. The molecule has 0 saturated carbocycles. The van der Waals surface area contributed by atoms with Gasteiger partial charge in [0.25, 0.3) is 0 Å². The summed E-state index contributed by atoms with van der Waals surface area (Å²) in [5.74, 6) is 0. The second kappa shape index (κ2) is 6.37. The Kier molecular flexibility index (Phi) is 3.85. The van der Waals surface area contributed by atoms with E-state index in [-0.39, 0.29) is 5.66 Å². The molecule has 0 amide bonds. The molecule has 0 spiro atoms. The largest absolute Gasteiger partial charge is 0.313 e. The first-order valence-electron chi connectivity index (χ1n) is 9.19. The number of allylic oxidation sites excluding steroid dienone is 1. The van der Waals surface area contributed by atoms with Crippen LogP contribution in [0, 0.1) is 0 Å². The van der Waals surface area contributed by atoms with Gasteiger partial charge in [-0.3, -0.25) is 0 Å². The zero-order chi connectivity index (χ0) is 18.3. The lowest BCUT2D eigenvalue weighted by Crippen LogP contribution is -2.20. The summed E-state index contributed by atoms with van der Waals surface area (Å²) < 4.78 is 14.8. The van der Waals surface area contributed by atoms with Crippen LogP contribution in [0.25, 0.3) is 16.8 Å². The van der Waals surface area contributed by atoms with Crippen LogP contribution >= 0.6 is 7.14 Å². The molecular formula is C25H19OP. The Labute approximate surface area is 159 Å². The Hall–Kier alpha value is -2.89. The highest BCUT2D eigenvalue weighted by Crippen LogP contribution is 2.61. The van der Waals surface area contributed by atoms with Gasteiger partial charge < -0.3 is 4.57 Å². The molecule has 0 heterocycles. The van der Waals surface area contributed by atoms with Crippen molar-refractivity contribution in [3.63, 3.8) is 0 Å². The standard InChI is InChI=1S/C25H19OP/c26-27(21-10-3-1-4-11-21,22-12-5-2-6-13-22)24-18-17-20-16-15-19-9-7-8-14-23(19)25(20)24/h1-18,24H. The summed E-state index contributed by atoms with van der Waals surface area (Å²) >= 11 is 0. The van der Waals surface area contributed by atoms with E-state index in [0.29, 0.717) is 0 Å². The number of hydrogen-bond acceptors (Lipinski definition) is 1. The molecule has 0 fully saturated rings. The lowest BCUT2D eigenvalue weighted by atomic mass is 10.0. The van der Waals surface area contributed by atoms with Gasteiger partial charge in [-0.15, -0.1) is 0 Å².